The third-order valence-electron chi connectivity index (χ3n) is 2.45. The molecule has 0 radical (unpaired) electrons. The molecule has 0 fully saturated rings. The number of carboxylic acids is 1. The summed E-state index contributed by atoms with van der Waals surface area (Å²) >= 11 is 0. The highest BCUT2D eigenvalue weighted by molar-refractivity contribution is 5.93. The summed E-state index contributed by atoms with van der Waals surface area (Å²) in [6, 6.07) is 5.43. The maximum Gasteiger partial charge on any atom is 0.355 e. The highest BCUT2D eigenvalue weighted by atomic mass is 16.4. The second-order valence-electron chi connectivity index (χ2n) is 3.96. The first-order valence-electron chi connectivity index (χ1n) is 5.33. The Labute approximate surface area is 98.7 Å². The Morgan fingerprint density at radius 2 is 2.12 bits per heavy atom. The van der Waals surface area contributed by atoms with Gasteiger partial charge in [0.15, 0.2) is 5.69 Å². The topological polar surface area (TPSA) is 68.0 Å². The zero-order chi connectivity index (χ0) is 12.4. The second-order valence-corrected chi connectivity index (χ2v) is 3.96. The summed E-state index contributed by atoms with van der Waals surface area (Å²) in [7, 11) is 0. The molecule has 2 heterocycles. The van der Waals surface area contributed by atoms with Crippen LogP contribution in [0.25, 0.3) is 11.3 Å². The van der Waals surface area contributed by atoms with Crippen LogP contribution >= 0.6 is 0 Å². The molecule has 0 aromatic carbocycles. The normalized spacial score (nSPS) is 10.8. The van der Waals surface area contributed by atoms with Gasteiger partial charge in [0.25, 0.3) is 0 Å². The lowest BCUT2D eigenvalue weighted by atomic mass is 10.1. The summed E-state index contributed by atoms with van der Waals surface area (Å²) in [6.07, 6.45) is 3.14. The standard InChI is InChI=1S/C12H13N3O2/c1-8(2)15-10(5-7-14-15)9-4-3-6-13-11(9)12(16)17/h3-8H,1-2H3,(H,16,17). The molecule has 0 bridgehead atoms. The Morgan fingerprint density at radius 3 is 2.76 bits per heavy atom. The summed E-state index contributed by atoms with van der Waals surface area (Å²) < 4.78 is 1.78. The van der Waals surface area contributed by atoms with Crippen molar-refractivity contribution in [3.63, 3.8) is 0 Å². The van der Waals surface area contributed by atoms with E-state index in [0.29, 0.717) is 5.56 Å². The molecule has 0 saturated heterocycles. The Balaban J connectivity index is 2.60. The molecule has 88 valence electrons. The van der Waals surface area contributed by atoms with Crippen molar-refractivity contribution in [3.05, 3.63) is 36.3 Å². The van der Waals surface area contributed by atoms with Gasteiger partial charge < -0.3 is 5.11 Å². The predicted octanol–water partition coefficient (Wildman–Crippen LogP) is 2.22. The molecule has 0 unspecified atom stereocenters. The van der Waals surface area contributed by atoms with Crippen molar-refractivity contribution in [3.8, 4) is 11.3 Å². The average Bonchev–Trinajstić information content (AvgIpc) is 2.77. The molecule has 0 spiro atoms. The Bertz CT molecular complexity index is 546. The van der Waals surface area contributed by atoms with Crippen LogP contribution in [0.2, 0.25) is 0 Å². The van der Waals surface area contributed by atoms with Crippen LogP contribution in [0.5, 0.6) is 0 Å². The van der Waals surface area contributed by atoms with Gasteiger partial charge in [0.2, 0.25) is 0 Å². The van der Waals surface area contributed by atoms with Gasteiger partial charge in [-0.3, -0.25) is 4.68 Å². The Morgan fingerprint density at radius 1 is 1.35 bits per heavy atom. The van der Waals surface area contributed by atoms with Crippen LogP contribution in [0, 0.1) is 0 Å². The molecule has 1 N–H and O–H groups in total. The van der Waals surface area contributed by atoms with Crippen LogP contribution in [0.1, 0.15) is 30.4 Å². The minimum atomic E-state index is -1.03. The van der Waals surface area contributed by atoms with Gasteiger partial charge in [-0.05, 0) is 32.0 Å². The fourth-order valence-electron chi connectivity index (χ4n) is 1.72. The van der Waals surface area contributed by atoms with E-state index < -0.39 is 5.97 Å². The van der Waals surface area contributed by atoms with Crippen LogP contribution in [0.15, 0.2) is 30.6 Å². The molecule has 5 heteroatoms. The van der Waals surface area contributed by atoms with E-state index in [1.165, 1.54) is 6.20 Å². The van der Waals surface area contributed by atoms with Crippen LogP contribution in [0.3, 0.4) is 0 Å². The van der Waals surface area contributed by atoms with Crippen LogP contribution < -0.4 is 0 Å². The van der Waals surface area contributed by atoms with E-state index in [2.05, 4.69) is 10.1 Å². The first-order chi connectivity index (χ1) is 8.11. The van der Waals surface area contributed by atoms with Gasteiger partial charge in [0, 0.05) is 24.0 Å². The number of carbonyl (C=O) groups is 1. The second kappa shape index (κ2) is 4.37. The third-order valence-corrected chi connectivity index (χ3v) is 2.45. The first kappa shape index (κ1) is 11.3. The summed E-state index contributed by atoms with van der Waals surface area (Å²) in [5, 5.41) is 13.3. The maximum absolute atomic E-state index is 11.1. The predicted molar refractivity (Wildman–Crippen MR) is 62.8 cm³/mol. The molecule has 0 atom stereocenters. The number of carboxylic acid groups (broad SMARTS) is 1. The number of hydrogen-bond acceptors (Lipinski definition) is 3. The summed E-state index contributed by atoms with van der Waals surface area (Å²) in [4.78, 5) is 15.0. The van der Waals surface area contributed by atoms with Crippen molar-refractivity contribution in [2.75, 3.05) is 0 Å². The number of rotatable bonds is 3. The lowest BCUT2D eigenvalue weighted by Crippen LogP contribution is -2.08. The van der Waals surface area contributed by atoms with Gasteiger partial charge in [0.05, 0.1) is 5.69 Å². The average molecular weight is 231 g/mol. The molecular weight excluding hydrogens is 218 g/mol. The van der Waals surface area contributed by atoms with E-state index in [1.807, 2.05) is 13.8 Å². The number of aromatic carboxylic acids is 1. The van der Waals surface area contributed by atoms with E-state index in [-0.39, 0.29) is 11.7 Å². The molecule has 2 aromatic heterocycles. The monoisotopic (exact) mass is 231 g/mol. The molecule has 0 amide bonds. The SMILES string of the molecule is CC(C)n1nccc1-c1cccnc1C(=O)O. The fourth-order valence-corrected chi connectivity index (χ4v) is 1.72. The highest BCUT2D eigenvalue weighted by Crippen LogP contribution is 2.24. The van der Waals surface area contributed by atoms with E-state index in [9.17, 15) is 4.79 Å². The number of pyridine rings is 1. The minimum Gasteiger partial charge on any atom is -0.476 e. The van der Waals surface area contributed by atoms with Crippen LogP contribution in [0.4, 0.5) is 0 Å². The third kappa shape index (κ3) is 2.04. The molecule has 2 rings (SSSR count). The first-order valence-corrected chi connectivity index (χ1v) is 5.33. The van der Waals surface area contributed by atoms with Crippen molar-refractivity contribution in [1.82, 2.24) is 14.8 Å². The number of hydrogen-bond donors (Lipinski definition) is 1. The van der Waals surface area contributed by atoms with Crippen molar-refractivity contribution < 1.29 is 9.90 Å². The van der Waals surface area contributed by atoms with Crippen molar-refractivity contribution in [1.29, 1.82) is 0 Å². The van der Waals surface area contributed by atoms with Crippen molar-refractivity contribution in [2.45, 2.75) is 19.9 Å². The van der Waals surface area contributed by atoms with Crippen LogP contribution in [-0.2, 0) is 0 Å². The van der Waals surface area contributed by atoms with Gasteiger partial charge in [-0.25, -0.2) is 9.78 Å². The lowest BCUT2D eigenvalue weighted by molar-refractivity contribution is 0.0691. The molecular formula is C12H13N3O2. The van der Waals surface area contributed by atoms with Crippen LogP contribution in [-0.4, -0.2) is 25.8 Å². The summed E-state index contributed by atoms with van der Waals surface area (Å²) in [6.45, 7) is 3.99. The zero-order valence-electron chi connectivity index (χ0n) is 9.66. The molecule has 17 heavy (non-hydrogen) atoms. The van der Waals surface area contributed by atoms with Gasteiger partial charge in [-0.15, -0.1) is 0 Å². The largest absolute Gasteiger partial charge is 0.476 e. The van der Waals surface area contributed by atoms with Gasteiger partial charge in [-0.2, -0.15) is 5.10 Å². The smallest absolute Gasteiger partial charge is 0.355 e. The van der Waals surface area contributed by atoms with Crippen molar-refractivity contribution in [2.24, 2.45) is 0 Å². The van der Waals surface area contributed by atoms with E-state index >= 15 is 0 Å². The minimum absolute atomic E-state index is 0.0508. The zero-order valence-corrected chi connectivity index (χ0v) is 9.66. The molecule has 0 saturated carbocycles. The molecule has 2 aromatic rings. The molecule has 5 nitrogen and oxygen atoms in total. The summed E-state index contributed by atoms with van der Waals surface area (Å²) in [5.41, 5.74) is 1.41. The van der Waals surface area contributed by atoms with Crippen molar-refractivity contribution >= 4 is 5.97 Å². The molecule has 0 aliphatic carbocycles. The van der Waals surface area contributed by atoms with E-state index in [1.54, 1.807) is 29.1 Å². The highest BCUT2D eigenvalue weighted by Gasteiger charge is 2.16. The number of nitrogens with zero attached hydrogens (tertiary/aromatic N) is 3. The van der Waals surface area contributed by atoms with Gasteiger partial charge >= 0.3 is 5.97 Å². The quantitative estimate of drug-likeness (QED) is 0.879. The van der Waals surface area contributed by atoms with Gasteiger partial charge in [-0.1, -0.05) is 0 Å². The molecule has 0 aliphatic heterocycles. The Kier molecular flexibility index (Phi) is 2.91. The van der Waals surface area contributed by atoms with E-state index in [4.69, 9.17) is 5.11 Å². The molecule has 0 aliphatic rings. The maximum atomic E-state index is 11.1. The Hall–Kier alpha value is -2.17. The fraction of sp³-hybridized carbons (Fsp3) is 0.250. The van der Waals surface area contributed by atoms with Gasteiger partial charge in [0.1, 0.15) is 0 Å². The summed E-state index contributed by atoms with van der Waals surface area (Å²) in [5.74, 6) is -1.03. The lowest BCUT2D eigenvalue weighted by Gasteiger charge is -2.12. The number of aromatic nitrogens is 3. The van der Waals surface area contributed by atoms with E-state index in [0.717, 1.165) is 5.69 Å².